The van der Waals surface area contributed by atoms with Gasteiger partial charge in [-0.1, -0.05) is 0 Å². The highest BCUT2D eigenvalue weighted by Crippen LogP contribution is 2.29. The first-order valence-electron chi connectivity index (χ1n) is 24.1. The number of rotatable bonds is 19. The average molecular weight is 1040 g/mol. The Morgan fingerprint density at radius 2 is 1.03 bits per heavy atom. The van der Waals surface area contributed by atoms with E-state index in [1.54, 1.807) is 87.9 Å². The Balaban J connectivity index is 0.000000309. The molecule has 2 unspecified atom stereocenters. The molecule has 3 aliphatic rings. The van der Waals surface area contributed by atoms with Crippen molar-refractivity contribution in [2.24, 2.45) is 5.92 Å². The van der Waals surface area contributed by atoms with Crippen LogP contribution in [0.1, 0.15) is 68.7 Å². The summed E-state index contributed by atoms with van der Waals surface area (Å²) in [5.41, 5.74) is 1.85. The molecule has 0 aliphatic carbocycles. The summed E-state index contributed by atoms with van der Waals surface area (Å²) in [6.45, 7) is 16.2. The zero-order valence-electron chi connectivity index (χ0n) is 44.2. The van der Waals surface area contributed by atoms with Crippen molar-refractivity contribution in [3.05, 3.63) is 46.5 Å². The quantitative estimate of drug-likeness (QED) is 0.200. The van der Waals surface area contributed by atoms with Gasteiger partial charge < -0.3 is 48.6 Å². The lowest BCUT2D eigenvalue weighted by molar-refractivity contribution is -0.144. The van der Waals surface area contributed by atoms with Gasteiger partial charge in [-0.15, -0.1) is 0 Å². The molecule has 20 nitrogen and oxygen atoms in total. The van der Waals surface area contributed by atoms with Crippen molar-refractivity contribution in [3.63, 3.8) is 0 Å². The number of ether oxygens (including phenoxy) is 5. The maximum atomic E-state index is 13.1. The van der Waals surface area contributed by atoms with Gasteiger partial charge in [0, 0.05) is 92.6 Å². The Morgan fingerprint density at radius 1 is 0.648 bits per heavy atom. The second-order valence-electron chi connectivity index (χ2n) is 19.6. The third-order valence-electron chi connectivity index (χ3n) is 13.0. The van der Waals surface area contributed by atoms with Crippen molar-refractivity contribution in [2.75, 3.05) is 121 Å². The number of hydrogen-bond acceptors (Lipinski definition) is 14. The van der Waals surface area contributed by atoms with Gasteiger partial charge in [0.1, 0.15) is 30.3 Å². The molecule has 3 saturated heterocycles. The molecule has 3 fully saturated rings. The van der Waals surface area contributed by atoms with Crippen LogP contribution < -0.4 is 14.8 Å². The van der Waals surface area contributed by atoms with E-state index in [0.717, 1.165) is 45.3 Å². The first-order valence-corrected chi connectivity index (χ1v) is 27.0. The molecule has 1 N–H and O–H groups in total. The summed E-state index contributed by atoms with van der Waals surface area (Å²) in [7, 11) is 2.05. The molecule has 3 heterocycles. The van der Waals surface area contributed by atoms with E-state index in [1.807, 2.05) is 25.7 Å². The van der Waals surface area contributed by atoms with E-state index >= 15 is 0 Å². The number of nitrogens with one attached hydrogen (secondary N) is 1. The fourth-order valence-corrected chi connectivity index (χ4v) is 11.8. The van der Waals surface area contributed by atoms with Crippen LogP contribution in [-0.4, -0.2) is 208 Å². The van der Waals surface area contributed by atoms with Gasteiger partial charge in [0.05, 0.1) is 43.1 Å². The van der Waals surface area contributed by atoms with E-state index < -0.39 is 25.6 Å². The highest BCUT2D eigenvalue weighted by atomic mass is 32.2. The molecule has 2 aromatic rings. The van der Waals surface area contributed by atoms with Crippen molar-refractivity contribution in [1.82, 2.24) is 33.5 Å². The van der Waals surface area contributed by atoms with Gasteiger partial charge in [-0.05, 0) is 121 Å². The summed E-state index contributed by atoms with van der Waals surface area (Å²) in [4.78, 5) is 57.6. The maximum Gasteiger partial charge on any atom is 0.410 e. The van der Waals surface area contributed by atoms with Crippen LogP contribution in [0.25, 0.3) is 0 Å². The molecule has 0 aromatic heterocycles. The van der Waals surface area contributed by atoms with Crippen molar-refractivity contribution in [2.45, 2.75) is 102 Å². The molecule has 71 heavy (non-hydrogen) atoms. The fourth-order valence-electron chi connectivity index (χ4n) is 8.69. The summed E-state index contributed by atoms with van der Waals surface area (Å²) in [6.07, 6.45) is 2.88. The van der Waals surface area contributed by atoms with Gasteiger partial charge in [-0.3, -0.25) is 14.4 Å². The molecule has 2 aromatic carbocycles. The summed E-state index contributed by atoms with van der Waals surface area (Å²) in [5, 5.41) is 3.12. The lowest BCUT2D eigenvalue weighted by Gasteiger charge is -2.40. The number of sulfonamides is 2. The van der Waals surface area contributed by atoms with Crippen LogP contribution in [-0.2, 0) is 48.6 Å². The third-order valence-corrected chi connectivity index (χ3v) is 17.3. The number of likely N-dealkylation sites (tertiary alicyclic amines) is 2. The molecule has 3 aliphatic heterocycles. The van der Waals surface area contributed by atoms with E-state index in [-0.39, 0.29) is 91.1 Å². The molecule has 5 rings (SSSR count). The lowest BCUT2D eigenvalue weighted by Crippen LogP contribution is -2.57. The number of likely N-dealkylation sites (N-methyl/N-ethyl adjacent to an activating group) is 4. The second kappa shape index (κ2) is 25.9. The zero-order chi connectivity index (χ0) is 53.0. The van der Waals surface area contributed by atoms with Crippen molar-refractivity contribution < 1.29 is 59.7 Å². The maximum absolute atomic E-state index is 13.1. The Hall–Kier alpha value is -4.58. The highest BCUT2D eigenvalue weighted by Gasteiger charge is 2.35. The number of methoxy groups -OCH3 is 2. The summed E-state index contributed by atoms with van der Waals surface area (Å²) in [5.74, 6) is 1.03. The minimum absolute atomic E-state index is 0.0408. The number of piperidine rings is 2. The monoisotopic (exact) mass is 1040 g/mol. The molecular weight excluding hydrogens is 959 g/mol. The van der Waals surface area contributed by atoms with E-state index in [2.05, 4.69) is 5.32 Å². The molecule has 0 spiro atoms. The minimum Gasteiger partial charge on any atom is -0.497 e. The number of carbonyl (C=O) groups is 4. The van der Waals surface area contributed by atoms with Crippen LogP contribution in [0.4, 0.5) is 4.79 Å². The van der Waals surface area contributed by atoms with Gasteiger partial charge in [0.2, 0.25) is 37.8 Å². The number of hydrogen-bond donors (Lipinski definition) is 1. The van der Waals surface area contributed by atoms with Crippen molar-refractivity contribution in [3.8, 4) is 11.5 Å². The molecule has 4 amide bonds. The van der Waals surface area contributed by atoms with E-state index in [4.69, 9.17) is 23.7 Å². The summed E-state index contributed by atoms with van der Waals surface area (Å²) >= 11 is 0. The third kappa shape index (κ3) is 16.0. The topological polar surface area (TPSA) is 214 Å². The Labute approximate surface area is 422 Å². The molecule has 2 atom stereocenters. The van der Waals surface area contributed by atoms with E-state index in [9.17, 15) is 36.0 Å². The average Bonchev–Trinajstić information content (AvgIpc) is 3.29. The Morgan fingerprint density at radius 3 is 1.38 bits per heavy atom. The predicted molar refractivity (Wildman–Crippen MR) is 269 cm³/mol. The van der Waals surface area contributed by atoms with Crippen LogP contribution in [0, 0.1) is 33.6 Å². The highest BCUT2D eigenvalue weighted by molar-refractivity contribution is 7.89. The van der Waals surface area contributed by atoms with Gasteiger partial charge in [-0.25, -0.2) is 21.6 Å². The molecule has 0 bridgehead atoms. The number of carbonyl (C=O) groups excluding carboxylic acids is 4. The predicted octanol–water partition coefficient (Wildman–Crippen LogP) is 3.42. The molecule has 400 valence electrons. The van der Waals surface area contributed by atoms with Crippen molar-refractivity contribution >= 4 is 43.9 Å². The largest absolute Gasteiger partial charge is 0.497 e. The minimum atomic E-state index is -3.73. The number of nitrogens with zero attached hydrogens (tertiary/aromatic N) is 6. The number of aryl methyl sites for hydroxylation is 4. The fraction of sp³-hybridized carbons (Fsp3) is 0.673. The van der Waals surface area contributed by atoms with E-state index in [0.29, 0.717) is 53.4 Å². The Bertz CT molecular complexity index is 2350. The number of amides is 4. The molecule has 22 heteroatoms. The van der Waals surface area contributed by atoms with Crippen molar-refractivity contribution in [1.29, 1.82) is 0 Å². The van der Waals surface area contributed by atoms with Crippen LogP contribution in [0.15, 0.2) is 34.1 Å². The van der Waals surface area contributed by atoms with Gasteiger partial charge in [0.25, 0.3) is 0 Å². The smallest absolute Gasteiger partial charge is 0.410 e. The Kier molecular flexibility index (Phi) is 21.5. The summed E-state index contributed by atoms with van der Waals surface area (Å²) < 4.78 is 81.8. The lowest BCUT2D eigenvalue weighted by atomic mass is 9.98. The van der Waals surface area contributed by atoms with Crippen LogP contribution in [0.2, 0.25) is 0 Å². The first kappa shape index (κ1) is 59.0. The van der Waals surface area contributed by atoms with Crippen LogP contribution >= 0.6 is 0 Å². The van der Waals surface area contributed by atoms with Crippen LogP contribution in [0.3, 0.4) is 0 Å². The number of benzene rings is 2. The SMILES string of the molecule is COc1cc(C)c(S(=O)(=O)N(C)CCOCC(=O)N(C)C2CCCN(C(=O)C3CNC3)C2)c(C)c1.COc1cc(C)c(S(=O)(=O)N(C)CCOCC(=O)N(C)C2CCCN(C(=O)OC(C)(C)C)C2)c(C)c1. The standard InChI is InChI=1S/C25H41N3O7S.C24H38N4O6S/c1-18-14-21(33-8)15-19(2)23(18)36(31,32)26(6)12-13-34-17-22(29)27(7)20-10-9-11-28(16-20)24(30)35-25(3,4)5;1-17-11-21(33-5)12-18(2)23(17)35(31,32)26(3)9-10-34-16-22(29)27(4)20-7-6-8-28(15-20)24(30)19-13-25-14-19/h14-15,20H,9-13,16-17H2,1-8H3;11-12,19-20,25H,6-10,13-16H2,1-5H3. The van der Waals surface area contributed by atoms with Gasteiger partial charge >= 0.3 is 6.09 Å². The van der Waals surface area contributed by atoms with Crippen LogP contribution in [0.5, 0.6) is 11.5 Å². The molecule has 0 saturated carbocycles. The summed E-state index contributed by atoms with van der Waals surface area (Å²) in [6, 6.07) is 6.60. The second-order valence-corrected chi connectivity index (χ2v) is 23.6. The van der Waals surface area contributed by atoms with Gasteiger partial charge in [0.15, 0.2) is 0 Å². The molecular formula is C49H79N7O13S2. The van der Waals surface area contributed by atoms with E-state index in [1.165, 1.54) is 29.8 Å². The zero-order valence-corrected chi connectivity index (χ0v) is 45.8. The first-order chi connectivity index (χ1) is 33.2. The van der Waals surface area contributed by atoms with Gasteiger partial charge in [-0.2, -0.15) is 8.61 Å². The molecule has 0 radical (unpaired) electrons. The normalized spacial score (nSPS) is 17.8.